The molecule has 0 aliphatic rings. The van der Waals surface area contributed by atoms with Crippen molar-refractivity contribution >= 4 is 10.0 Å². The molecule has 0 saturated heterocycles. The first kappa shape index (κ1) is 19.2. The van der Waals surface area contributed by atoms with Crippen molar-refractivity contribution in [2.75, 3.05) is 7.05 Å². The molecule has 144 valence electrons. The lowest BCUT2D eigenvalue weighted by Gasteiger charge is -2.17. The Bertz CT molecular complexity index is 1010. The molecular weight excluding hydrogens is 368 g/mol. The van der Waals surface area contributed by atoms with Gasteiger partial charge in [0.25, 0.3) is 0 Å². The summed E-state index contributed by atoms with van der Waals surface area (Å²) in [6.45, 7) is 5.87. The van der Waals surface area contributed by atoms with Crippen molar-refractivity contribution in [1.82, 2.24) is 19.6 Å². The molecule has 8 nitrogen and oxygen atoms in total. The van der Waals surface area contributed by atoms with E-state index >= 15 is 0 Å². The zero-order chi connectivity index (χ0) is 19.6. The molecule has 0 saturated carbocycles. The normalized spacial score (nSPS) is 12.2. The van der Waals surface area contributed by atoms with Gasteiger partial charge in [-0.3, -0.25) is 0 Å². The summed E-state index contributed by atoms with van der Waals surface area (Å²) in [5.41, 5.74) is 1.28. The van der Waals surface area contributed by atoms with Gasteiger partial charge in [0.15, 0.2) is 11.6 Å². The van der Waals surface area contributed by atoms with Gasteiger partial charge in [-0.15, -0.1) is 0 Å². The first-order chi connectivity index (χ1) is 12.8. The molecule has 0 radical (unpaired) electrons. The second-order valence-corrected chi connectivity index (χ2v) is 8.83. The number of nitrogens with zero attached hydrogens (tertiary/aromatic N) is 4. The Morgan fingerprint density at radius 2 is 1.96 bits per heavy atom. The minimum atomic E-state index is -3.75. The van der Waals surface area contributed by atoms with Gasteiger partial charge in [-0.25, -0.2) is 8.42 Å². The van der Waals surface area contributed by atoms with E-state index in [0.29, 0.717) is 40.9 Å². The van der Waals surface area contributed by atoms with Crippen LogP contribution >= 0.6 is 0 Å². The highest BCUT2D eigenvalue weighted by Crippen LogP contribution is 2.27. The summed E-state index contributed by atoms with van der Waals surface area (Å²) in [5.74, 6) is 1.72. The Balaban J connectivity index is 1.85. The summed E-state index contributed by atoms with van der Waals surface area (Å²) < 4.78 is 37.6. The molecule has 0 spiro atoms. The van der Waals surface area contributed by atoms with Crippen LogP contribution in [0.3, 0.4) is 0 Å². The summed E-state index contributed by atoms with van der Waals surface area (Å²) in [4.78, 5) is 4.47. The first-order valence-electron chi connectivity index (χ1n) is 8.57. The molecule has 0 unspecified atom stereocenters. The van der Waals surface area contributed by atoms with Crippen LogP contribution in [0, 0.1) is 12.8 Å². The average molecular weight is 390 g/mol. The fourth-order valence-electron chi connectivity index (χ4n) is 2.63. The third-order valence-corrected chi connectivity index (χ3v) is 6.00. The Labute approximate surface area is 158 Å². The fraction of sp³-hybridized carbons (Fsp3) is 0.389. The maximum absolute atomic E-state index is 13.1. The van der Waals surface area contributed by atoms with Crippen molar-refractivity contribution in [1.29, 1.82) is 0 Å². The zero-order valence-corrected chi connectivity index (χ0v) is 16.5. The van der Waals surface area contributed by atoms with Crippen LogP contribution < -0.4 is 0 Å². The Morgan fingerprint density at radius 1 is 1.19 bits per heavy atom. The standard InChI is InChI=1S/C18H22N4O4S/c1-12(2)9-18-20-17(21-26-18)11-22(4)27(23,24)16-10-14(6-5-13(16)3)15-7-8-19-25-15/h5-8,10,12H,9,11H2,1-4H3. The largest absolute Gasteiger partial charge is 0.356 e. The van der Waals surface area contributed by atoms with E-state index in [1.165, 1.54) is 17.5 Å². The predicted molar refractivity (Wildman–Crippen MR) is 98.2 cm³/mol. The third kappa shape index (κ3) is 4.25. The van der Waals surface area contributed by atoms with Crippen molar-refractivity contribution in [2.45, 2.75) is 38.6 Å². The van der Waals surface area contributed by atoms with Crippen LogP contribution in [-0.4, -0.2) is 35.1 Å². The molecule has 0 aliphatic heterocycles. The number of hydrogen-bond donors (Lipinski definition) is 0. The molecule has 2 aromatic heterocycles. The lowest BCUT2D eigenvalue weighted by Crippen LogP contribution is -2.27. The highest BCUT2D eigenvalue weighted by Gasteiger charge is 2.25. The molecule has 0 bridgehead atoms. The number of rotatable bonds is 7. The van der Waals surface area contributed by atoms with Crippen LogP contribution in [-0.2, 0) is 23.0 Å². The lowest BCUT2D eigenvalue weighted by atomic mass is 10.1. The first-order valence-corrected chi connectivity index (χ1v) is 10.0. The van der Waals surface area contributed by atoms with E-state index in [1.54, 1.807) is 31.2 Å². The van der Waals surface area contributed by atoms with Gasteiger partial charge in [-0.1, -0.05) is 36.3 Å². The Hall–Kier alpha value is -2.52. The van der Waals surface area contributed by atoms with Crippen molar-refractivity contribution in [3.8, 4) is 11.3 Å². The van der Waals surface area contributed by atoms with E-state index in [-0.39, 0.29) is 11.4 Å². The van der Waals surface area contributed by atoms with Gasteiger partial charge in [0.05, 0.1) is 17.6 Å². The van der Waals surface area contributed by atoms with Gasteiger partial charge >= 0.3 is 0 Å². The van der Waals surface area contributed by atoms with Crippen molar-refractivity contribution < 1.29 is 17.5 Å². The van der Waals surface area contributed by atoms with Crippen molar-refractivity contribution in [3.05, 3.63) is 47.7 Å². The van der Waals surface area contributed by atoms with Crippen LogP contribution in [0.25, 0.3) is 11.3 Å². The minimum absolute atomic E-state index is 0.0237. The molecule has 0 aliphatic carbocycles. The second-order valence-electron chi connectivity index (χ2n) is 6.82. The molecule has 1 aromatic carbocycles. The Morgan fingerprint density at radius 3 is 2.63 bits per heavy atom. The van der Waals surface area contributed by atoms with E-state index in [0.717, 1.165) is 0 Å². The molecular formula is C18H22N4O4S. The average Bonchev–Trinajstić information content (AvgIpc) is 3.27. The summed E-state index contributed by atoms with van der Waals surface area (Å²) in [5, 5.41) is 7.55. The van der Waals surface area contributed by atoms with Crippen LogP contribution in [0.4, 0.5) is 0 Å². The molecule has 0 atom stereocenters. The molecule has 0 fully saturated rings. The smallest absolute Gasteiger partial charge is 0.243 e. The third-order valence-electron chi connectivity index (χ3n) is 4.06. The maximum Gasteiger partial charge on any atom is 0.243 e. The van der Waals surface area contributed by atoms with Crippen LogP contribution in [0.1, 0.15) is 31.1 Å². The van der Waals surface area contributed by atoms with E-state index in [2.05, 4.69) is 15.3 Å². The number of aryl methyl sites for hydroxylation is 1. The molecule has 0 N–H and O–H groups in total. The summed E-state index contributed by atoms with van der Waals surface area (Å²) >= 11 is 0. The van der Waals surface area contributed by atoms with Gasteiger partial charge in [0, 0.05) is 25.1 Å². The second kappa shape index (κ2) is 7.61. The summed E-state index contributed by atoms with van der Waals surface area (Å²) in [6.07, 6.45) is 2.17. The lowest BCUT2D eigenvalue weighted by molar-refractivity contribution is 0.353. The summed E-state index contributed by atoms with van der Waals surface area (Å²) in [6, 6.07) is 6.81. The van der Waals surface area contributed by atoms with Crippen molar-refractivity contribution in [2.24, 2.45) is 5.92 Å². The SMILES string of the molecule is Cc1ccc(-c2ccno2)cc1S(=O)(=O)N(C)Cc1noc(CC(C)C)n1. The molecule has 2 heterocycles. The van der Waals surface area contributed by atoms with Gasteiger partial charge in [0.1, 0.15) is 0 Å². The minimum Gasteiger partial charge on any atom is -0.356 e. The van der Waals surface area contributed by atoms with Gasteiger partial charge in [0.2, 0.25) is 15.9 Å². The fourth-order valence-corrected chi connectivity index (χ4v) is 4.01. The maximum atomic E-state index is 13.1. The number of benzene rings is 1. The highest BCUT2D eigenvalue weighted by atomic mass is 32.2. The Kier molecular flexibility index (Phi) is 5.43. The molecule has 0 amide bonds. The van der Waals surface area contributed by atoms with Crippen LogP contribution in [0.5, 0.6) is 0 Å². The monoisotopic (exact) mass is 390 g/mol. The van der Waals surface area contributed by atoms with Gasteiger partial charge in [-0.2, -0.15) is 9.29 Å². The predicted octanol–water partition coefficient (Wildman–Crippen LogP) is 3.05. The summed E-state index contributed by atoms with van der Waals surface area (Å²) in [7, 11) is -2.25. The van der Waals surface area contributed by atoms with Crippen molar-refractivity contribution in [3.63, 3.8) is 0 Å². The van der Waals surface area contributed by atoms with E-state index in [1.807, 2.05) is 13.8 Å². The molecule has 3 rings (SSSR count). The molecule has 27 heavy (non-hydrogen) atoms. The zero-order valence-electron chi connectivity index (χ0n) is 15.7. The number of aromatic nitrogens is 3. The topological polar surface area (TPSA) is 102 Å². The molecule has 3 aromatic rings. The highest BCUT2D eigenvalue weighted by molar-refractivity contribution is 7.89. The van der Waals surface area contributed by atoms with Crippen LogP contribution in [0.2, 0.25) is 0 Å². The number of sulfonamides is 1. The molecule has 9 heteroatoms. The van der Waals surface area contributed by atoms with Crippen LogP contribution in [0.15, 0.2) is 44.4 Å². The van der Waals surface area contributed by atoms with E-state index < -0.39 is 10.0 Å². The van der Waals surface area contributed by atoms with Gasteiger partial charge in [-0.05, 0) is 24.5 Å². The van der Waals surface area contributed by atoms with E-state index in [4.69, 9.17) is 9.05 Å². The number of hydrogen-bond acceptors (Lipinski definition) is 7. The van der Waals surface area contributed by atoms with Gasteiger partial charge < -0.3 is 9.05 Å². The van der Waals surface area contributed by atoms with E-state index in [9.17, 15) is 8.42 Å². The quantitative estimate of drug-likeness (QED) is 0.611.